The largest absolute Gasteiger partial charge is 0.352 e. The van der Waals surface area contributed by atoms with Crippen molar-refractivity contribution in [3.8, 4) is 5.69 Å². The number of nitrogens with one attached hydrogen (secondary N) is 1. The molecule has 2 aromatic carbocycles. The molecule has 3 rings (SSSR count). The molecule has 0 aliphatic heterocycles. The predicted octanol–water partition coefficient (Wildman–Crippen LogP) is 3.01. The van der Waals surface area contributed by atoms with E-state index in [1.807, 2.05) is 35.0 Å². The van der Waals surface area contributed by atoms with Crippen LogP contribution in [-0.2, 0) is 17.8 Å². The standard InChI is InChI=1S/C18H15F2N3O/c19-15-6-3-5-13(18(15)20)10-17(24)22-11-14-4-1-2-7-16(14)23-9-8-21-12-23/h1-9,12H,10-11H2,(H,22,24). The minimum Gasteiger partial charge on any atom is -0.352 e. The van der Waals surface area contributed by atoms with Gasteiger partial charge in [0, 0.05) is 24.5 Å². The lowest BCUT2D eigenvalue weighted by atomic mass is 10.1. The smallest absolute Gasteiger partial charge is 0.224 e. The average molecular weight is 327 g/mol. The summed E-state index contributed by atoms with van der Waals surface area (Å²) in [6.45, 7) is 0.282. The quantitative estimate of drug-likeness (QED) is 0.783. The lowest BCUT2D eigenvalue weighted by molar-refractivity contribution is -0.120. The van der Waals surface area contributed by atoms with Gasteiger partial charge >= 0.3 is 0 Å². The monoisotopic (exact) mass is 327 g/mol. The van der Waals surface area contributed by atoms with Crippen molar-refractivity contribution in [2.24, 2.45) is 0 Å². The van der Waals surface area contributed by atoms with Crippen LogP contribution in [-0.4, -0.2) is 15.5 Å². The summed E-state index contributed by atoms with van der Waals surface area (Å²) in [5, 5.41) is 2.73. The van der Waals surface area contributed by atoms with E-state index < -0.39 is 11.6 Å². The number of hydrogen-bond donors (Lipinski definition) is 1. The van der Waals surface area contributed by atoms with Crippen molar-refractivity contribution < 1.29 is 13.6 Å². The van der Waals surface area contributed by atoms with Crippen molar-refractivity contribution in [3.05, 3.63) is 83.9 Å². The Balaban J connectivity index is 1.68. The van der Waals surface area contributed by atoms with Crippen LogP contribution in [0.3, 0.4) is 0 Å². The van der Waals surface area contributed by atoms with Crippen LogP contribution in [0.2, 0.25) is 0 Å². The fraction of sp³-hybridized carbons (Fsp3) is 0.111. The number of aromatic nitrogens is 2. The maximum Gasteiger partial charge on any atom is 0.224 e. The fourth-order valence-corrected chi connectivity index (χ4v) is 2.43. The van der Waals surface area contributed by atoms with Crippen molar-refractivity contribution >= 4 is 5.91 Å². The van der Waals surface area contributed by atoms with Crippen LogP contribution in [0, 0.1) is 11.6 Å². The maximum atomic E-state index is 13.6. The topological polar surface area (TPSA) is 46.9 Å². The van der Waals surface area contributed by atoms with Gasteiger partial charge in [-0.2, -0.15) is 0 Å². The molecular formula is C18H15F2N3O. The molecule has 1 heterocycles. The first-order valence-corrected chi connectivity index (χ1v) is 7.41. The summed E-state index contributed by atoms with van der Waals surface area (Å²) in [7, 11) is 0. The fourth-order valence-electron chi connectivity index (χ4n) is 2.43. The van der Waals surface area contributed by atoms with E-state index in [-0.39, 0.29) is 24.4 Å². The zero-order valence-electron chi connectivity index (χ0n) is 12.7. The Morgan fingerprint density at radius 3 is 2.67 bits per heavy atom. The van der Waals surface area contributed by atoms with Crippen LogP contribution < -0.4 is 5.32 Å². The molecule has 0 spiro atoms. The number of hydrogen-bond acceptors (Lipinski definition) is 2. The molecule has 3 aromatic rings. The Bertz CT molecular complexity index is 847. The second-order valence-corrected chi connectivity index (χ2v) is 5.27. The van der Waals surface area contributed by atoms with Crippen molar-refractivity contribution in [3.63, 3.8) is 0 Å². The molecule has 1 aromatic heterocycles. The average Bonchev–Trinajstić information content (AvgIpc) is 3.12. The Morgan fingerprint density at radius 1 is 1.08 bits per heavy atom. The molecule has 0 radical (unpaired) electrons. The number of carbonyl (C=O) groups is 1. The lowest BCUT2D eigenvalue weighted by Crippen LogP contribution is -2.25. The highest BCUT2D eigenvalue weighted by molar-refractivity contribution is 5.78. The third-order valence-corrected chi connectivity index (χ3v) is 3.63. The Kier molecular flexibility index (Phi) is 4.65. The first-order valence-electron chi connectivity index (χ1n) is 7.41. The second kappa shape index (κ2) is 7.04. The molecule has 4 nitrogen and oxygen atoms in total. The van der Waals surface area contributed by atoms with Crippen molar-refractivity contribution in [2.45, 2.75) is 13.0 Å². The highest BCUT2D eigenvalue weighted by atomic mass is 19.2. The zero-order valence-corrected chi connectivity index (χ0v) is 12.7. The van der Waals surface area contributed by atoms with Gasteiger partial charge in [-0.1, -0.05) is 30.3 Å². The highest BCUT2D eigenvalue weighted by Crippen LogP contribution is 2.15. The first-order chi connectivity index (χ1) is 11.6. The summed E-state index contributed by atoms with van der Waals surface area (Å²) >= 11 is 0. The summed E-state index contributed by atoms with van der Waals surface area (Å²) in [6, 6.07) is 11.4. The number of amides is 1. The zero-order chi connectivity index (χ0) is 16.9. The number of para-hydroxylation sites is 1. The van der Waals surface area contributed by atoms with Gasteiger partial charge in [0.15, 0.2) is 11.6 Å². The van der Waals surface area contributed by atoms with Crippen LogP contribution in [0.4, 0.5) is 8.78 Å². The van der Waals surface area contributed by atoms with Gasteiger partial charge in [-0.25, -0.2) is 13.8 Å². The van der Waals surface area contributed by atoms with Crippen molar-refractivity contribution in [1.29, 1.82) is 0 Å². The summed E-state index contributed by atoms with van der Waals surface area (Å²) in [5.74, 6) is -2.31. The van der Waals surface area contributed by atoms with E-state index in [1.54, 1.807) is 12.5 Å². The molecule has 0 fully saturated rings. The predicted molar refractivity (Wildman–Crippen MR) is 85.5 cm³/mol. The molecule has 122 valence electrons. The van der Waals surface area contributed by atoms with E-state index in [9.17, 15) is 13.6 Å². The Hall–Kier alpha value is -3.02. The van der Waals surface area contributed by atoms with E-state index in [1.165, 1.54) is 12.1 Å². The molecule has 1 amide bonds. The number of rotatable bonds is 5. The van der Waals surface area contributed by atoms with Crippen LogP contribution in [0.5, 0.6) is 0 Å². The molecule has 0 aliphatic carbocycles. The van der Waals surface area contributed by atoms with Gasteiger partial charge in [0.25, 0.3) is 0 Å². The number of benzene rings is 2. The lowest BCUT2D eigenvalue weighted by Gasteiger charge is -2.11. The van der Waals surface area contributed by atoms with E-state index in [0.717, 1.165) is 17.3 Å². The van der Waals surface area contributed by atoms with Gasteiger partial charge in [-0.15, -0.1) is 0 Å². The number of nitrogens with zero attached hydrogens (tertiary/aromatic N) is 2. The minimum absolute atomic E-state index is 0.0374. The Morgan fingerprint density at radius 2 is 1.88 bits per heavy atom. The molecule has 0 bridgehead atoms. The number of halogens is 2. The highest BCUT2D eigenvalue weighted by Gasteiger charge is 2.12. The van der Waals surface area contributed by atoms with Gasteiger partial charge in [-0.3, -0.25) is 4.79 Å². The second-order valence-electron chi connectivity index (χ2n) is 5.27. The molecule has 1 N–H and O–H groups in total. The molecule has 0 saturated carbocycles. The Labute approximate surface area is 137 Å². The van der Waals surface area contributed by atoms with Gasteiger partial charge in [0.05, 0.1) is 18.4 Å². The van der Waals surface area contributed by atoms with Crippen LogP contribution >= 0.6 is 0 Å². The van der Waals surface area contributed by atoms with E-state index in [2.05, 4.69) is 10.3 Å². The van der Waals surface area contributed by atoms with E-state index in [0.29, 0.717) is 0 Å². The number of carbonyl (C=O) groups excluding carboxylic acids is 1. The van der Waals surface area contributed by atoms with Gasteiger partial charge in [-0.05, 0) is 17.7 Å². The third kappa shape index (κ3) is 3.48. The normalized spacial score (nSPS) is 10.6. The summed E-state index contributed by atoms with van der Waals surface area (Å²) in [6.07, 6.45) is 4.93. The molecule has 0 atom stereocenters. The molecule has 0 saturated heterocycles. The SMILES string of the molecule is O=C(Cc1cccc(F)c1F)NCc1ccccc1-n1ccnc1. The van der Waals surface area contributed by atoms with Gasteiger partial charge < -0.3 is 9.88 Å². The van der Waals surface area contributed by atoms with Crippen LogP contribution in [0.15, 0.2) is 61.2 Å². The van der Waals surface area contributed by atoms with Crippen LogP contribution in [0.1, 0.15) is 11.1 Å². The minimum atomic E-state index is -0.980. The van der Waals surface area contributed by atoms with E-state index >= 15 is 0 Å². The molecule has 24 heavy (non-hydrogen) atoms. The summed E-state index contributed by atoms with van der Waals surface area (Å²) in [4.78, 5) is 16.0. The van der Waals surface area contributed by atoms with Crippen molar-refractivity contribution in [2.75, 3.05) is 0 Å². The summed E-state index contributed by atoms with van der Waals surface area (Å²) < 4.78 is 28.6. The van der Waals surface area contributed by atoms with Crippen LogP contribution in [0.25, 0.3) is 5.69 Å². The van der Waals surface area contributed by atoms with E-state index in [4.69, 9.17) is 0 Å². The molecule has 0 aliphatic rings. The number of imidazole rings is 1. The third-order valence-electron chi connectivity index (χ3n) is 3.63. The van der Waals surface area contributed by atoms with Gasteiger partial charge in [0.1, 0.15) is 0 Å². The molecular weight excluding hydrogens is 312 g/mol. The van der Waals surface area contributed by atoms with Gasteiger partial charge in [0.2, 0.25) is 5.91 Å². The first kappa shape index (κ1) is 15.9. The molecule has 0 unspecified atom stereocenters. The summed E-state index contributed by atoms with van der Waals surface area (Å²) in [5.41, 5.74) is 1.83. The van der Waals surface area contributed by atoms with Crippen molar-refractivity contribution in [1.82, 2.24) is 14.9 Å². The maximum absolute atomic E-state index is 13.6. The molecule has 6 heteroatoms.